The third-order valence-corrected chi connectivity index (χ3v) is 3.17. The number of rotatable bonds is 8. The molecule has 2 aromatic rings. The van der Waals surface area contributed by atoms with Gasteiger partial charge >= 0.3 is 6.01 Å². The molecule has 122 valence electrons. The summed E-state index contributed by atoms with van der Waals surface area (Å²) in [5.41, 5.74) is 6.72. The fraction of sp³-hybridized carbons (Fsp3) is 0.467. The van der Waals surface area contributed by atoms with Crippen molar-refractivity contribution in [3.05, 3.63) is 35.7 Å². The molecule has 0 aliphatic heterocycles. The van der Waals surface area contributed by atoms with Crippen LogP contribution in [0.25, 0.3) is 0 Å². The van der Waals surface area contributed by atoms with Gasteiger partial charge in [0.1, 0.15) is 5.75 Å². The summed E-state index contributed by atoms with van der Waals surface area (Å²) in [4.78, 5) is 1.90. The lowest BCUT2D eigenvalue weighted by atomic mass is 10.2. The van der Waals surface area contributed by atoms with E-state index in [0.717, 1.165) is 25.1 Å². The molecule has 0 saturated carbocycles. The van der Waals surface area contributed by atoms with Crippen LogP contribution >= 0.6 is 12.4 Å². The van der Waals surface area contributed by atoms with Crippen LogP contribution in [-0.4, -0.2) is 30.4 Å². The van der Waals surface area contributed by atoms with Crippen molar-refractivity contribution in [1.82, 2.24) is 10.2 Å². The zero-order valence-electron chi connectivity index (χ0n) is 13.0. The third kappa shape index (κ3) is 5.20. The molecule has 0 bridgehead atoms. The van der Waals surface area contributed by atoms with Crippen molar-refractivity contribution in [2.45, 2.75) is 26.3 Å². The summed E-state index contributed by atoms with van der Waals surface area (Å²) in [7, 11) is 1.91. The number of aromatic nitrogens is 2. The van der Waals surface area contributed by atoms with Crippen LogP contribution in [0.5, 0.6) is 5.75 Å². The molecule has 1 aromatic heterocycles. The minimum absolute atomic E-state index is 0. The molecule has 1 aromatic carbocycles. The van der Waals surface area contributed by atoms with Crippen LogP contribution in [0.1, 0.15) is 24.8 Å². The average molecular weight is 327 g/mol. The lowest BCUT2D eigenvalue weighted by Gasteiger charge is -2.14. The number of halogens is 1. The minimum atomic E-state index is 0. The Labute approximate surface area is 137 Å². The van der Waals surface area contributed by atoms with Gasteiger partial charge in [-0.3, -0.25) is 0 Å². The van der Waals surface area contributed by atoms with Crippen LogP contribution in [0.3, 0.4) is 0 Å². The lowest BCUT2D eigenvalue weighted by molar-refractivity contribution is 0.311. The number of hydrogen-bond donors (Lipinski definition) is 1. The average Bonchev–Trinajstić information content (AvgIpc) is 3.00. The van der Waals surface area contributed by atoms with Gasteiger partial charge in [-0.05, 0) is 30.5 Å². The SMILES string of the molecule is CCc1cccc(OCCCN(C)c2nnc(CN)o2)c1.Cl. The predicted octanol–water partition coefficient (Wildman–Crippen LogP) is 2.42. The molecular weight excluding hydrogens is 304 g/mol. The zero-order chi connectivity index (χ0) is 15.1. The second-order valence-electron chi connectivity index (χ2n) is 4.81. The quantitative estimate of drug-likeness (QED) is 0.751. The molecule has 0 unspecified atom stereocenters. The van der Waals surface area contributed by atoms with Crippen LogP contribution in [0.4, 0.5) is 6.01 Å². The van der Waals surface area contributed by atoms with Gasteiger partial charge in [-0.25, -0.2) is 0 Å². The van der Waals surface area contributed by atoms with Crippen molar-refractivity contribution >= 4 is 18.4 Å². The highest BCUT2D eigenvalue weighted by Gasteiger charge is 2.09. The maximum absolute atomic E-state index is 5.75. The van der Waals surface area contributed by atoms with Gasteiger partial charge < -0.3 is 19.8 Å². The van der Waals surface area contributed by atoms with E-state index >= 15 is 0 Å². The fourth-order valence-electron chi connectivity index (χ4n) is 1.92. The Morgan fingerprint density at radius 2 is 2.14 bits per heavy atom. The van der Waals surface area contributed by atoms with Crippen molar-refractivity contribution in [1.29, 1.82) is 0 Å². The number of nitrogens with zero attached hydrogens (tertiary/aromatic N) is 3. The van der Waals surface area contributed by atoms with Crippen molar-refractivity contribution in [3.63, 3.8) is 0 Å². The first-order valence-corrected chi connectivity index (χ1v) is 7.18. The Morgan fingerprint density at radius 3 is 2.82 bits per heavy atom. The summed E-state index contributed by atoms with van der Waals surface area (Å²) in [6.45, 7) is 3.82. The van der Waals surface area contributed by atoms with Crippen molar-refractivity contribution in [2.24, 2.45) is 5.73 Å². The standard InChI is InChI=1S/C15H22N4O2.ClH/c1-3-12-6-4-7-13(10-12)20-9-5-8-19(2)15-18-17-14(11-16)21-15;/h4,6-7,10H,3,5,8-9,11,16H2,1-2H3;1H. The fourth-order valence-corrected chi connectivity index (χ4v) is 1.92. The van der Waals surface area contributed by atoms with E-state index < -0.39 is 0 Å². The smallest absolute Gasteiger partial charge is 0.317 e. The van der Waals surface area contributed by atoms with E-state index in [2.05, 4.69) is 29.3 Å². The molecule has 2 rings (SSSR count). The van der Waals surface area contributed by atoms with E-state index in [0.29, 0.717) is 18.5 Å². The van der Waals surface area contributed by atoms with Crippen molar-refractivity contribution < 1.29 is 9.15 Å². The topological polar surface area (TPSA) is 77.4 Å². The first-order valence-electron chi connectivity index (χ1n) is 7.18. The van der Waals surface area contributed by atoms with Gasteiger partial charge in [0.2, 0.25) is 5.89 Å². The number of ether oxygens (including phenoxy) is 1. The predicted molar refractivity (Wildman–Crippen MR) is 88.6 cm³/mol. The number of hydrogen-bond acceptors (Lipinski definition) is 6. The molecule has 22 heavy (non-hydrogen) atoms. The second kappa shape index (κ2) is 9.27. The Morgan fingerprint density at radius 1 is 1.32 bits per heavy atom. The van der Waals surface area contributed by atoms with Gasteiger partial charge in [0.25, 0.3) is 0 Å². The Balaban J connectivity index is 0.00000242. The van der Waals surface area contributed by atoms with Gasteiger partial charge in [0.15, 0.2) is 0 Å². The highest BCUT2D eigenvalue weighted by Crippen LogP contribution is 2.14. The van der Waals surface area contributed by atoms with Gasteiger partial charge in [0.05, 0.1) is 13.2 Å². The summed E-state index contributed by atoms with van der Waals surface area (Å²) < 4.78 is 11.1. The molecule has 0 radical (unpaired) electrons. The molecule has 6 nitrogen and oxygen atoms in total. The summed E-state index contributed by atoms with van der Waals surface area (Å²) in [5, 5.41) is 7.77. The van der Waals surface area contributed by atoms with Gasteiger partial charge in [-0.2, -0.15) is 0 Å². The van der Waals surface area contributed by atoms with Crippen LogP contribution in [0, 0.1) is 0 Å². The normalized spacial score (nSPS) is 10.1. The van der Waals surface area contributed by atoms with E-state index in [1.807, 2.05) is 24.1 Å². The maximum atomic E-state index is 5.75. The van der Waals surface area contributed by atoms with Gasteiger partial charge in [0, 0.05) is 13.6 Å². The highest BCUT2D eigenvalue weighted by molar-refractivity contribution is 5.85. The maximum Gasteiger partial charge on any atom is 0.317 e. The Hall–Kier alpha value is -1.79. The van der Waals surface area contributed by atoms with Crippen molar-refractivity contribution in [3.8, 4) is 5.75 Å². The number of benzene rings is 1. The van der Waals surface area contributed by atoms with Crippen LogP contribution in [0.15, 0.2) is 28.7 Å². The van der Waals surface area contributed by atoms with Crippen LogP contribution in [0.2, 0.25) is 0 Å². The summed E-state index contributed by atoms with van der Waals surface area (Å²) in [6, 6.07) is 8.67. The van der Waals surface area contributed by atoms with E-state index in [-0.39, 0.29) is 19.0 Å². The van der Waals surface area contributed by atoms with Crippen LogP contribution in [-0.2, 0) is 13.0 Å². The van der Waals surface area contributed by atoms with Gasteiger partial charge in [-0.1, -0.05) is 24.2 Å². The first kappa shape index (κ1) is 18.3. The monoisotopic (exact) mass is 326 g/mol. The van der Waals surface area contributed by atoms with Crippen molar-refractivity contribution in [2.75, 3.05) is 25.1 Å². The largest absolute Gasteiger partial charge is 0.494 e. The van der Waals surface area contributed by atoms with E-state index in [1.54, 1.807) is 0 Å². The van der Waals surface area contributed by atoms with E-state index in [1.165, 1.54) is 5.56 Å². The third-order valence-electron chi connectivity index (χ3n) is 3.17. The molecule has 0 amide bonds. The Bertz CT molecular complexity index is 562. The van der Waals surface area contributed by atoms with Crippen LogP contribution < -0.4 is 15.4 Å². The van der Waals surface area contributed by atoms with E-state index in [9.17, 15) is 0 Å². The molecule has 0 saturated heterocycles. The molecule has 0 atom stereocenters. The molecule has 7 heteroatoms. The molecule has 2 N–H and O–H groups in total. The van der Waals surface area contributed by atoms with Gasteiger partial charge in [-0.15, -0.1) is 17.5 Å². The molecule has 0 fully saturated rings. The summed E-state index contributed by atoms with van der Waals surface area (Å²) in [6.07, 6.45) is 1.88. The molecular formula is C15H23ClN4O2. The molecule has 0 aliphatic rings. The highest BCUT2D eigenvalue weighted by atomic mass is 35.5. The summed E-state index contributed by atoms with van der Waals surface area (Å²) >= 11 is 0. The molecule has 0 spiro atoms. The zero-order valence-corrected chi connectivity index (χ0v) is 13.8. The Kier molecular flexibility index (Phi) is 7.70. The summed E-state index contributed by atoms with van der Waals surface area (Å²) in [5.74, 6) is 1.37. The van der Waals surface area contributed by atoms with E-state index in [4.69, 9.17) is 14.9 Å². The first-order chi connectivity index (χ1) is 10.2. The number of aryl methyl sites for hydroxylation is 1. The number of anilines is 1. The minimum Gasteiger partial charge on any atom is -0.494 e. The second-order valence-corrected chi connectivity index (χ2v) is 4.81. The lowest BCUT2D eigenvalue weighted by Crippen LogP contribution is -2.20. The number of nitrogens with two attached hydrogens (primary N) is 1. The molecule has 0 aliphatic carbocycles. The molecule has 1 heterocycles.